The molecule has 2 N–H and O–H groups in total. The van der Waals surface area contributed by atoms with Crippen molar-refractivity contribution in [2.45, 2.75) is 39.5 Å². The molecule has 0 amide bonds. The first kappa shape index (κ1) is 21.3. The van der Waals surface area contributed by atoms with E-state index in [-0.39, 0.29) is 4.90 Å². The van der Waals surface area contributed by atoms with E-state index in [1.54, 1.807) is 12.1 Å². The number of aryl methyl sites for hydroxylation is 2. The van der Waals surface area contributed by atoms with Gasteiger partial charge in [-0.2, -0.15) is 4.31 Å². The van der Waals surface area contributed by atoms with Crippen molar-refractivity contribution < 1.29 is 8.42 Å². The van der Waals surface area contributed by atoms with Gasteiger partial charge < -0.3 is 10.6 Å². The van der Waals surface area contributed by atoms with Crippen LogP contribution in [0.1, 0.15) is 30.5 Å². The predicted octanol–water partition coefficient (Wildman–Crippen LogP) is 4.45. The number of nitrogens with zero attached hydrogens (tertiary/aromatic N) is 1. The molecular formula is C20H27N3O2S2. The van der Waals surface area contributed by atoms with E-state index in [2.05, 4.69) is 10.6 Å². The van der Waals surface area contributed by atoms with Crippen LogP contribution in [0.4, 0.5) is 11.4 Å². The topological polar surface area (TPSA) is 61.4 Å². The van der Waals surface area contributed by atoms with Crippen LogP contribution in [0.3, 0.4) is 0 Å². The first-order chi connectivity index (χ1) is 12.7. The van der Waals surface area contributed by atoms with Gasteiger partial charge in [0.25, 0.3) is 0 Å². The van der Waals surface area contributed by atoms with Crippen LogP contribution < -0.4 is 10.6 Å². The van der Waals surface area contributed by atoms with Crippen molar-refractivity contribution in [1.29, 1.82) is 0 Å². The Hall–Kier alpha value is -1.96. The van der Waals surface area contributed by atoms with E-state index in [1.165, 1.54) is 9.87 Å². The van der Waals surface area contributed by atoms with Crippen molar-refractivity contribution in [1.82, 2.24) is 4.31 Å². The molecule has 0 aliphatic rings. The van der Waals surface area contributed by atoms with Crippen LogP contribution in [0.5, 0.6) is 0 Å². The Morgan fingerprint density at radius 2 is 1.59 bits per heavy atom. The van der Waals surface area contributed by atoms with Crippen LogP contribution in [0.25, 0.3) is 0 Å². The van der Waals surface area contributed by atoms with E-state index >= 15 is 0 Å². The third-order valence-corrected chi connectivity index (χ3v) is 6.77. The van der Waals surface area contributed by atoms with Crippen LogP contribution in [0.15, 0.2) is 41.3 Å². The normalized spacial score (nSPS) is 11.5. The summed E-state index contributed by atoms with van der Waals surface area (Å²) >= 11 is 5.41. The smallest absolute Gasteiger partial charge is 0.243 e. The summed E-state index contributed by atoms with van der Waals surface area (Å²) in [7, 11) is -3.53. The van der Waals surface area contributed by atoms with Gasteiger partial charge in [0.05, 0.1) is 4.90 Å². The third kappa shape index (κ3) is 5.06. The van der Waals surface area contributed by atoms with E-state index in [0.717, 1.165) is 16.8 Å². The van der Waals surface area contributed by atoms with Gasteiger partial charge in [0, 0.05) is 24.5 Å². The highest BCUT2D eigenvalue weighted by Gasteiger charge is 2.23. The van der Waals surface area contributed by atoms with E-state index in [4.69, 9.17) is 12.2 Å². The highest BCUT2D eigenvalue weighted by Crippen LogP contribution is 2.26. The lowest BCUT2D eigenvalue weighted by Crippen LogP contribution is -2.31. The molecule has 0 atom stereocenters. The number of anilines is 2. The maximum absolute atomic E-state index is 12.9. The fourth-order valence-electron chi connectivity index (χ4n) is 2.74. The lowest BCUT2D eigenvalue weighted by Gasteiger charge is -2.21. The summed E-state index contributed by atoms with van der Waals surface area (Å²) < 4.78 is 27.2. The molecule has 0 unspecified atom stereocenters. The van der Waals surface area contributed by atoms with Gasteiger partial charge in [-0.25, -0.2) is 8.42 Å². The van der Waals surface area contributed by atoms with Gasteiger partial charge in [-0.1, -0.05) is 31.5 Å². The van der Waals surface area contributed by atoms with Crippen molar-refractivity contribution in [3.8, 4) is 0 Å². The monoisotopic (exact) mass is 405 g/mol. The molecule has 2 aromatic carbocycles. The molecule has 0 aromatic heterocycles. The molecule has 0 spiro atoms. The Bertz CT molecular complexity index is 919. The summed E-state index contributed by atoms with van der Waals surface area (Å²) in [6, 6.07) is 11.3. The first-order valence-electron chi connectivity index (χ1n) is 8.95. The minimum atomic E-state index is -3.53. The molecule has 0 aliphatic heterocycles. The molecule has 0 saturated heterocycles. The van der Waals surface area contributed by atoms with Crippen LogP contribution in [0.2, 0.25) is 0 Å². The zero-order chi connectivity index (χ0) is 20.2. The highest BCUT2D eigenvalue weighted by molar-refractivity contribution is 7.89. The van der Waals surface area contributed by atoms with Gasteiger partial charge in [0.2, 0.25) is 10.0 Å². The molecule has 5 nitrogen and oxygen atoms in total. The average molecular weight is 406 g/mol. The summed E-state index contributed by atoms with van der Waals surface area (Å²) in [4.78, 5) is 0.273. The number of rotatable bonds is 6. The zero-order valence-electron chi connectivity index (χ0n) is 16.5. The second-order valence-corrected chi connectivity index (χ2v) is 8.79. The number of hydrogen-bond acceptors (Lipinski definition) is 3. The molecule has 2 aromatic rings. The molecule has 0 heterocycles. The third-order valence-electron chi connectivity index (χ3n) is 4.54. The first-order valence-corrected chi connectivity index (χ1v) is 10.8. The quantitative estimate of drug-likeness (QED) is 0.695. The molecule has 0 aliphatic carbocycles. The molecule has 0 bridgehead atoms. The summed E-state index contributed by atoms with van der Waals surface area (Å²) in [6.45, 7) is 10.4. The second-order valence-electron chi connectivity index (χ2n) is 6.45. The van der Waals surface area contributed by atoms with Crippen LogP contribution in [-0.4, -0.2) is 30.9 Å². The van der Waals surface area contributed by atoms with Crippen molar-refractivity contribution in [2.24, 2.45) is 0 Å². The molecule has 0 fully saturated rings. The minimum absolute atomic E-state index is 0.273. The molecular weight excluding hydrogens is 378 g/mol. The molecule has 7 heteroatoms. The number of thiocarbonyl (C=S) groups is 1. The fraction of sp³-hybridized carbons (Fsp3) is 0.350. The molecule has 2 rings (SSSR count). The van der Waals surface area contributed by atoms with Crippen molar-refractivity contribution >= 4 is 38.7 Å². The second kappa shape index (κ2) is 8.82. The van der Waals surface area contributed by atoms with Gasteiger partial charge in [0.15, 0.2) is 5.11 Å². The van der Waals surface area contributed by atoms with Crippen LogP contribution in [-0.2, 0) is 10.0 Å². The van der Waals surface area contributed by atoms with Gasteiger partial charge in [-0.15, -0.1) is 0 Å². The summed E-state index contributed by atoms with van der Waals surface area (Å²) in [6.07, 6.45) is 0. The average Bonchev–Trinajstić information content (AvgIpc) is 2.61. The van der Waals surface area contributed by atoms with Gasteiger partial charge in [-0.05, 0) is 68.4 Å². The number of nitrogens with one attached hydrogen (secondary N) is 2. The van der Waals surface area contributed by atoms with Gasteiger partial charge in [0.1, 0.15) is 0 Å². The summed E-state index contributed by atoms with van der Waals surface area (Å²) in [5.74, 6) is 0. The van der Waals surface area contributed by atoms with Crippen molar-refractivity contribution in [3.05, 3.63) is 53.1 Å². The van der Waals surface area contributed by atoms with Crippen molar-refractivity contribution in [3.63, 3.8) is 0 Å². The Labute approximate surface area is 167 Å². The zero-order valence-corrected chi connectivity index (χ0v) is 18.1. The van der Waals surface area contributed by atoms with E-state index < -0.39 is 10.0 Å². The Kier molecular flexibility index (Phi) is 6.97. The summed E-state index contributed by atoms with van der Waals surface area (Å²) in [5, 5.41) is 6.68. The molecule has 0 radical (unpaired) electrons. The Morgan fingerprint density at radius 3 is 2.15 bits per heavy atom. The fourth-order valence-corrected chi connectivity index (χ4v) is 4.54. The maximum Gasteiger partial charge on any atom is 0.243 e. The lowest BCUT2D eigenvalue weighted by atomic mass is 10.1. The number of sulfonamides is 1. The van der Waals surface area contributed by atoms with Crippen LogP contribution in [0, 0.1) is 20.8 Å². The Balaban J connectivity index is 2.30. The minimum Gasteiger partial charge on any atom is -0.332 e. The Morgan fingerprint density at radius 1 is 1.00 bits per heavy atom. The standard InChI is InChI=1S/C20H27N3O2S2/c1-6-23(7-2)27(24,25)18-12-15(4)16(5)19(13-18)22-20(26)21-17-10-8-14(3)9-11-17/h8-13H,6-7H2,1-5H3,(H2,21,22,26). The summed E-state index contributed by atoms with van der Waals surface area (Å²) in [5.41, 5.74) is 4.58. The molecule has 0 saturated carbocycles. The largest absolute Gasteiger partial charge is 0.332 e. The van der Waals surface area contributed by atoms with E-state index in [9.17, 15) is 8.42 Å². The SMILES string of the molecule is CCN(CC)S(=O)(=O)c1cc(C)c(C)c(NC(=S)Nc2ccc(C)cc2)c1. The van der Waals surface area contributed by atoms with E-state index in [0.29, 0.717) is 23.9 Å². The number of benzene rings is 2. The molecule has 146 valence electrons. The predicted molar refractivity (Wildman–Crippen MR) is 117 cm³/mol. The van der Waals surface area contributed by atoms with Gasteiger partial charge >= 0.3 is 0 Å². The maximum atomic E-state index is 12.9. The highest BCUT2D eigenvalue weighted by atomic mass is 32.2. The van der Waals surface area contributed by atoms with Crippen molar-refractivity contribution in [2.75, 3.05) is 23.7 Å². The lowest BCUT2D eigenvalue weighted by molar-refractivity contribution is 0.445. The van der Waals surface area contributed by atoms with E-state index in [1.807, 2.05) is 58.9 Å². The van der Waals surface area contributed by atoms with Gasteiger partial charge in [-0.3, -0.25) is 0 Å². The number of hydrogen-bond donors (Lipinski definition) is 2. The van der Waals surface area contributed by atoms with Crippen LogP contribution >= 0.6 is 12.2 Å². The molecule has 27 heavy (non-hydrogen) atoms.